The first kappa shape index (κ1) is 39.5. The van der Waals surface area contributed by atoms with E-state index in [-0.39, 0.29) is 73.7 Å². The minimum Gasteiger partial charge on any atom is -0.546 e. The first-order chi connectivity index (χ1) is 25.0. The third kappa shape index (κ3) is 7.05. The van der Waals surface area contributed by atoms with E-state index in [0.717, 1.165) is 50.2 Å². The van der Waals surface area contributed by atoms with Crippen LogP contribution in [-0.2, 0) is 30.6 Å². The summed E-state index contributed by atoms with van der Waals surface area (Å²) >= 11 is 2.34. The minimum absolute atomic E-state index is 0. The van der Waals surface area contributed by atoms with Gasteiger partial charge in [-0.2, -0.15) is 0 Å². The molecule has 280 valence electrons. The van der Waals surface area contributed by atoms with Gasteiger partial charge in [0.2, 0.25) is 0 Å². The number of quaternary nitrogens is 1. The van der Waals surface area contributed by atoms with Gasteiger partial charge in [0.1, 0.15) is 29.4 Å². The van der Waals surface area contributed by atoms with Gasteiger partial charge in [0.15, 0.2) is 27.9 Å². The number of aromatic nitrogens is 3. The number of carbonyl (C=O) groups is 4. The predicted octanol–water partition coefficient (Wildman–Crippen LogP) is -3.46. The van der Waals surface area contributed by atoms with Crippen molar-refractivity contribution in [1.82, 2.24) is 24.8 Å². The molecule has 2 amide bonds. The number of nitrogens with zero attached hydrogens (tertiary/aromatic N) is 6. The second kappa shape index (κ2) is 14.5. The number of carboxylic acids is 2. The van der Waals surface area contributed by atoms with Crippen LogP contribution in [0.2, 0.25) is 0 Å². The molecule has 2 bridgehead atoms. The quantitative estimate of drug-likeness (QED) is 0.0316. The Hall–Kier alpha value is -4.21. The number of benzene rings is 1. The molecule has 7 heterocycles. The van der Waals surface area contributed by atoms with Crippen LogP contribution in [0.15, 0.2) is 45.1 Å². The molecule has 3 aromatic rings. The van der Waals surface area contributed by atoms with Crippen molar-refractivity contribution in [3.63, 3.8) is 0 Å². The number of fused-ring (bicyclic) bond motifs is 5. The fraction of sp³-hybridized carbons (Fsp3) is 0.455. The number of phenols is 2. The zero-order valence-electron chi connectivity index (χ0n) is 29.6. The van der Waals surface area contributed by atoms with E-state index in [1.807, 2.05) is 0 Å². The third-order valence-electron chi connectivity index (χ3n) is 10.7. The number of nitrogens with two attached hydrogens (primary N) is 1. The predicted molar refractivity (Wildman–Crippen MR) is 188 cm³/mol. The average molecular weight is 792 g/mol. The molecule has 0 aliphatic carbocycles. The maximum absolute atomic E-state index is 13.5. The summed E-state index contributed by atoms with van der Waals surface area (Å²) in [7, 11) is 0. The number of β-lactam (4-membered cyclic amide) rings is 1. The number of oxime groups is 1. The maximum atomic E-state index is 13.5. The fourth-order valence-corrected chi connectivity index (χ4v) is 9.36. The summed E-state index contributed by atoms with van der Waals surface area (Å²) in [4.78, 5) is 79.0. The number of nitrogens with one attached hydrogen (secondary N) is 1. The Morgan fingerprint density at radius 3 is 2.44 bits per heavy atom. The molecule has 1 aromatic carbocycles. The molecule has 4 saturated heterocycles. The second-order valence-corrected chi connectivity index (χ2v) is 16.5. The van der Waals surface area contributed by atoms with Crippen LogP contribution in [0.5, 0.6) is 11.5 Å². The smallest absolute Gasteiger partial charge is 0.546 e. The number of amides is 2. The Kier molecular flexibility index (Phi) is 10.6. The number of aromatic hydroxyl groups is 2. The molecular weight excluding hydrogens is 756 g/mol. The van der Waals surface area contributed by atoms with E-state index in [2.05, 4.69) is 20.4 Å². The van der Waals surface area contributed by atoms with Crippen molar-refractivity contribution in [2.24, 2.45) is 10.6 Å². The summed E-state index contributed by atoms with van der Waals surface area (Å²) in [5, 5.41) is 48.9. The van der Waals surface area contributed by atoms with Gasteiger partial charge in [-0.05, 0) is 19.9 Å². The number of carboxylic acid groups (broad SMARTS) is 2. The van der Waals surface area contributed by atoms with E-state index < -0.39 is 52.2 Å². The maximum Gasteiger partial charge on any atom is 1.00 e. The van der Waals surface area contributed by atoms with E-state index in [0.29, 0.717) is 28.9 Å². The number of rotatable bonds is 11. The Morgan fingerprint density at radius 2 is 1.83 bits per heavy atom. The SMILES string of the molecule is CC(C)(O/N=C(\C(=O)N[C@@H]1C(=O)N2C(C(=O)O)=C(C[N+]34CCC(Cn5cnc6cc(O)c(O)cc6c5=O)(CC3)CC4)CS[C@H]12)c1csc(N)n1)C(=O)[O-].[Na+]. The van der Waals surface area contributed by atoms with E-state index in [1.54, 1.807) is 4.57 Å². The standard InChI is InChI=1S/C33H36N8O10S2.Na/c1-32(2,30(49)50)51-38-22(19-13-53-31(34)36-19)25(44)37-23-27(46)40-24(29(47)48)16(12-52-28(23)40)11-41-6-3-33(4-7-41,5-8-41)14-39-15-35-18-10-21(43)20(42)9-17(18)26(39)45;/h9-10,13,15,23,28H,3-8,11-12,14H2,1-2H3,(H6-,34,36,37,38,42,43,44,45,47,48,49,50);/q;+1/t23-,28-,33?,41?;/m1./s1. The Labute approximate surface area is 337 Å². The normalized spacial score (nSPS) is 25.1. The van der Waals surface area contributed by atoms with E-state index in [1.165, 1.54) is 54.3 Å². The number of carbonyl (C=O) groups excluding carboxylic acids is 3. The summed E-state index contributed by atoms with van der Waals surface area (Å²) < 4.78 is 2.21. The van der Waals surface area contributed by atoms with Crippen molar-refractivity contribution in [2.45, 2.75) is 56.7 Å². The van der Waals surface area contributed by atoms with E-state index >= 15 is 0 Å². The topological polar surface area (TPSA) is 263 Å². The molecule has 5 aliphatic heterocycles. The largest absolute Gasteiger partial charge is 1.00 e. The molecule has 2 aromatic heterocycles. The average Bonchev–Trinajstić information content (AvgIpc) is 3.55. The molecule has 0 radical (unpaired) electrons. The van der Waals surface area contributed by atoms with Crippen molar-refractivity contribution in [1.29, 1.82) is 0 Å². The second-order valence-electron chi connectivity index (χ2n) is 14.5. The number of hydrogen-bond acceptors (Lipinski definition) is 15. The number of piperidine rings is 3. The van der Waals surface area contributed by atoms with Crippen LogP contribution in [0.3, 0.4) is 0 Å². The van der Waals surface area contributed by atoms with Crippen LogP contribution in [-0.4, -0.2) is 118 Å². The molecule has 4 fully saturated rings. The number of phenolic OH excluding ortho intramolecular Hbond substituents is 2. The first-order valence-electron chi connectivity index (χ1n) is 16.7. The molecule has 54 heavy (non-hydrogen) atoms. The molecule has 2 atom stereocenters. The fourth-order valence-electron chi connectivity index (χ4n) is 7.48. The van der Waals surface area contributed by atoms with Gasteiger partial charge in [-0.25, -0.2) is 14.8 Å². The van der Waals surface area contributed by atoms with Crippen LogP contribution in [0.25, 0.3) is 10.9 Å². The van der Waals surface area contributed by atoms with Gasteiger partial charge in [-0.1, -0.05) is 5.16 Å². The number of thiazole rings is 1. The molecule has 21 heteroatoms. The number of nitrogen functional groups attached to an aromatic ring is 1. The van der Waals surface area contributed by atoms with Crippen molar-refractivity contribution >= 4 is 68.6 Å². The Bertz CT molecular complexity index is 2180. The summed E-state index contributed by atoms with van der Waals surface area (Å²) in [5.41, 5.74) is 3.77. The number of aliphatic carboxylic acids is 2. The molecule has 5 aliphatic rings. The summed E-state index contributed by atoms with van der Waals surface area (Å²) in [6.45, 7) is 5.50. The molecule has 6 N–H and O–H groups in total. The van der Waals surface area contributed by atoms with Gasteiger partial charge in [0, 0.05) is 54.0 Å². The molecule has 0 spiro atoms. The zero-order valence-corrected chi connectivity index (χ0v) is 33.2. The Morgan fingerprint density at radius 1 is 1.17 bits per heavy atom. The van der Waals surface area contributed by atoms with E-state index in [4.69, 9.17) is 10.6 Å². The molecule has 18 nitrogen and oxygen atoms in total. The monoisotopic (exact) mass is 791 g/mol. The van der Waals surface area contributed by atoms with Gasteiger partial charge in [-0.3, -0.25) is 23.9 Å². The van der Waals surface area contributed by atoms with Gasteiger partial charge in [0.05, 0.1) is 42.8 Å². The first-order valence-corrected chi connectivity index (χ1v) is 18.6. The molecule has 0 unspecified atom stereocenters. The molecular formula is C33H36N8NaO10S2+. The van der Waals surface area contributed by atoms with Crippen LogP contribution in [0, 0.1) is 5.41 Å². The van der Waals surface area contributed by atoms with Crippen LogP contribution in [0.4, 0.5) is 5.13 Å². The van der Waals surface area contributed by atoms with Crippen LogP contribution >= 0.6 is 23.1 Å². The number of anilines is 1. The van der Waals surface area contributed by atoms with E-state index in [9.17, 15) is 44.4 Å². The molecule has 8 rings (SSSR count). The summed E-state index contributed by atoms with van der Waals surface area (Å²) in [6.07, 6.45) is 3.84. The van der Waals surface area contributed by atoms with Crippen molar-refractivity contribution < 1.29 is 78.5 Å². The van der Waals surface area contributed by atoms with Gasteiger partial charge < -0.3 is 45.6 Å². The zero-order chi connectivity index (χ0) is 38.0. The number of hydrogen-bond donors (Lipinski definition) is 5. The minimum atomic E-state index is -1.89. The summed E-state index contributed by atoms with van der Waals surface area (Å²) in [6, 6.07) is 1.38. The third-order valence-corrected chi connectivity index (χ3v) is 12.7. The van der Waals surface area contributed by atoms with Crippen LogP contribution in [0.1, 0.15) is 38.8 Å². The number of thioether (sulfide) groups is 1. The van der Waals surface area contributed by atoms with Gasteiger partial charge in [0.25, 0.3) is 17.4 Å². The van der Waals surface area contributed by atoms with Crippen molar-refractivity contribution in [3.05, 3.63) is 51.2 Å². The molecule has 0 saturated carbocycles. The van der Waals surface area contributed by atoms with Crippen molar-refractivity contribution in [3.8, 4) is 11.5 Å². The summed E-state index contributed by atoms with van der Waals surface area (Å²) in [5.74, 6) is -4.76. The van der Waals surface area contributed by atoms with Gasteiger partial charge >= 0.3 is 35.5 Å². The van der Waals surface area contributed by atoms with Gasteiger partial charge in [-0.15, -0.1) is 23.1 Å². The Balaban J connectivity index is 0.00000497. The van der Waals surface area contributed by atoms with Crippen molar-refractivity contribution in [2.75, 3.05) is 37.7 Å². The van der Waals surface area contributed by atoms with Crippen LogP contribution < -0.4 is 51.3 Å².